The molecule has 0 N–H and O–H groups in total. The SMILES string of the molecule is C=Cc1ccc([O-])cc1.[Na+]. The van der Waals surface area contributed by atoms with Crippen molar-refractivity contribution in [1.29, 1.82) is 0 Å². The summed E-state index contributed by atoms with van der Waals surface area (Å²) in [6, 6.07) is 6.54. The van der Waals surface area contributed by atoms with E-state index >= 15 is 0 Å². The van der Waals surface area contributed by atoms with Gasteiger partial charge in [-0.2, -0.15) is 0 Å². The van der Waals surface area contributed by atoms with Gasteiger partial charge in [-0.25, -0.2) is 0 Å². The summed E-state index contributed by atoms with van der Waals surface area (Å²) < 4.78 is 0. The Hall–Kier alpha value is -0.240. The van der Waals surface area contributed by atoms with Gasteiger partial charge in [0.2, 0.25) is 0 Å². The van der Waals surface area contributed by atoms with E-state index in [9.17, 15) is 5.11 Å². The van der Waals surface area contributed by atoms with Crippen molar-refractivity contribution in [3.05, 3.63) is 36.4 Å². The van der Waals surface area contributed by atoms with Crippen LogP contribution in [-0.2, 0) is 0 Å². The second-order valence-electron chi connectivity index (χ2n) is 1.77. The van der Waals surface area contributed by atoms with Crippen LogP contribution in [0.1, 0.15) is 5.56 Å². The van der Waals surface area contributed by atoms with E-state index < -0.39 is 0 Å². The molecule has 1 aromatic carbocycles. The molecule has 46 valence electrons. The van der Waals surface area contributed by atoms with Crippen LogP contribution in [-0.4, -0.2) is 0 Å². The van der Waals surface area contributed by atoms with Crippen molar-refractivity contribution in [1.82, 2.24) is 0 Å². The molecule has 1 nitrogen and oxygen atoms in total. The van der Waals surface area contributed by atoms with Crippen LogP contribution in [0.3, 0.4) is 0 Å². The molecule has 0 aliphatic rings. The van der Waals surface area contributed by atoms with Crippen LogP contribution >= 0.6 is 0 Å². The summed E-state index contributed by atoms with van der Waals surface area (Å²) in [7, 11) is 0. The summed E-state index contributed by atoms with van der Waals surface area (Å²) >= 11 is 0. The molecule has 0 saturated heterocycles. The molecule has 0 heterocycles. The fraction of sp³-hybridized carbons (Fsp3) is 0. The van der Waals surface area contributed by atoms with Crippen LogP contribution in [0.2, 0.25) is 0 Å². The second kappa shape index (κ2) is 4.56. The van der Waals surface area contributed by atoms with Gasteiger partial charge in [-0.1, -0.05) is 36.9 Å². The fourth-order valence-electron chi connectivity index (χ4n) is 0.604. The topological polar surface area (TPSA) is 23.1 Å². The average molecular weight is 142 g/mol. The van der Waals surface area contributed by atoms with E-state index in [4.69, 9.17) is 0 Å². The third kappa shape index (κ3) is 2.56. The van der Waals surface area contributed by atoms with Gasteiger partial charge in [0.25, 0.3) is 0 Å². The molecule has 0 bridgehead atoms. The standard InChI is InChI=1S/C8H8O.Na/c1-2-7-3-5-8(9)6-4-7;/h2-6,9H,1H2;/q;+1/p-1. The predicted molar refractivity (Wildman–Crippen MR) is 36.0 cm³/mol. The van der Waals surface area contributed by atoms with Crippen LogP contribution in [0.25, 0.3) is 6.08 Å². The average Bonchev–Trinajstić information content (AvgIpc) is 1.90. The zero-order valence-corrected chi connectivity index (χ0v) is 8.00. The first-order valence-electron chi connectivity index (χ1n) is 2.72. The Morgan fingerprint density at radius 1 is 1.20 bits per heavy atom. The molecule has 1 aromatic rings. The molecule has 0 aromatic heterocycles. The van der Waals surface area contributed by atoms with Crippen molar-refractivity contribution in [3.63, 3.8) is 0 Å². The zero-order chi connectivity index (χ0) is 6.69. The number of rotatable bonds is 1. The molecule has 0 spiro atoms. The summed E-state index contributed by atoms with van der Waals surface area (Å²) in [5.74, 6) is 0.0422. The molecule has 1 rings (SSSR count). The normalized spacial score (nSPS) is 8.00. The van der Waals surface area contributed by atoms with Gasteiger partial charge in [-0.3, -0.25) is 0 Å². The van der Waals surface area contributed by atoms with E-state index in [1.54, 1.807) is 18.2 Å². The minimum absolute atomic E-state index is 0. The summed E-state index contributed by atoms with van der Waals surface area (Å²) in [5.41, 5.74) is 0.981. The number of hydrogen-bond acceptors (Lipinski definition) is 1. The van der Waals surface area contributed by atoms with Crippen LogP contribution in [0.15, 0.2) is 30.8 Å². The van der Waals surface area contributed by atoms with Crippen LogP contribution < -0.4 is 34.7 Å². The third-order valence-electron chi connectivity index (χ3n) is 1.12. The van der Waals surface area contributed by atoms with E-state index in [1.807, 2.05) is 0 Å². The first kappa shape index (κ1) is 9.76. The molecule has 2 heteroatoms. The largest absolute Gasteiger partial charge is 1.00 e. The quantitative estimate of drug-likeness (QED) is 0.433. The van der Waals surface area contributed by atoms with Crippen molar-refractivity contribution in [2.24, 2.45) is 0 Å². The van der Waals surface area contributed by atoms with Crippen LogP contribution in [0.5, 0.6) is 5.75 Å². The van der Waals surface area contributed by atoms with E-state index in [1.165, 1.54) is 12.1 Å². The van der Waals surface area contributed by atoms with Gasteiger partial charge in [0.05, 0.1) is 0 Å². The summed E-state index contributed by atoms with van der Waals surface area (Å²) in [6.45, 7) is 3.56. The third-order valence-corrected chi connectivity index (χ3v) is 1.12. The summed E-state index contributed by atoms with van der Waals surface area (Å²) in [4.78, 5) is 0. The summed E-state index contributed by atoms with van der Waals surface area (Å²) in [6.07, 6.45) is 1.71. The maximum atomic E-state index is 10.5. The van der Waals surface area contributed by atoms with Crippen molar-refractivity contribution in [2.75, 3.05) is 0 Å². The van der Waals surface area contributed by atoms with Gasteiger partial charge < -0.3 is 5.11 Å². The van der Waals surface area contributed by atoms with Crippen molar-refractivity contribution >= 4 is 6.08 Å². The van der Waals surface area contributed by atoms with Crippen LogP contribution in [0.4, 0.5) is 0 Å². The summed E-state index contributed by atoms with van der Waals surface area (Å²) in [5, 5.41) is 10.5. The predicted octanol–water partition coefficient (Wildman–Crippen LogP) is -1.59. The number of benzene rings is 1. The second-order valence-corrected chi connectivity index (χ2v) is 1.77. The molecule has 0 unspecified atom stereocenters. The van der Waals surface area contributed by atoms with Crippen molar-refractivity contribution < 1.29 is 34.7 Å². The number of hydrogen-bond donors (Lipinski definition) is 0. The molecule has 0 aliphatic carbocycles. The fourth-order valence-corrected chi connectivity index (χ4v) is 0.604. The molecule has 0 radical (unpaired) electrons. The van der Waals surface area contributed by atoms with Gasteiger partial charge in [-0.05, 0) is 5.56 Å². The Kier molecular flexibility index (Phi) is 4.45. The van der Waals surface area contributed by atoms with Crippen LogP contribution in [0, 0.1) is 0 Å². The first-order chi connectivity index (χ1) is 4.33. The van der Waals surface area contributed by atoms with Crippen molar-refractivity contribution in [3.8, 4) is 5.75 Å². The molecular weight excluding hydrogens is 135 g/mol. The molecule has 10 heavy (non-hydrogen) atoms. The van der Waals surface area contributed by atoms with E-state index in [2.05, 4.69) is 6.58 Å². The molecular formula is C8H7NaO. The minimum atomic E-state index is 0. The zero-order valence-electron chi connectivity index (χ0n) is 6.00. The van der Waals surface area contributed by atoms with E-state index in [-0.39, 0.29) is 35.3 Å². The monoisotopic (exact) mass is 142 g/mol. The Bertz CT molecular complexity index is 203. The molecule has 0 saturated carbocycles. The van der Waals surface area contributed by atoms with Crippen molar-refractivity contribution in [2.45, 2.75) is 0 Å². The van der Waals surface area contributed by atoms with Gasteiger partial charge in [0.1, 0.15) is 0 Å². The first-order valence-corrected chi connectivity index (χ1v) is 2.72. The Morgan fingerprint density at radius 3 is 2.10 bits per heavy atom. The minimum Gasteiger partial charge on any atom is -0.872 e. The Balaban J connectivity index is 0.000000810. The van der Waals surface area contributed by atoms with Gasteiger partial charge >= 0.3 is 29.6 Å². The van der Waals surface area contributed by atoms with Gasteiger partial charge in [0, 0.05) is 0 Å². The van der Waals surface area contributed by atoms with E-state index in [0.29, 0.717) is 0 Å². The molecule has 0 amide bonds. The Labute approximate surface area is 82.7 Å². The van der Waals surface area contributed by atoms with E-state index in [0.717, 1.165) is 5.56 Å². The maximum absolute atomic E-state index is 10.5. The molecule has 0 fully saturated rings. The molecule has 0 atom stereocenters. The maximum Gasteiger partial charge on any atom is 1.00 e. The van der Waals surface area contributed by atoms with Gasteiger partial charge in [-0.15, -0.1) is 5.75 Å². The molecule has 0 aliphatic heterocycles. The Morgan fingerprint density at radius 2 is 1.70 bits per heavy atom. The van der Waals surface area contributed by atoms with Gasteiger partial charge in [0.15, 0.2) is 0 Å². The smallest absolute Gasteiger partial charge is 0.872 e.